The summed E-state index contributed by atoms with van der Waals surface area (Å²) in [4.78, 5) is 0. The lowest BCUT2D eigenvalue weighted by molar-refractivity contribution is 0.267. The highest BCUT2D eigenvalue weighted by atomic mass is 31.2. The number of rotatable bonds is 8. The van der Waals surface area contributed by atoms with Gasteiger partial charge in [-0.3, -0.25) is 4.57 Å². The summed E-state index contributed by atoms with van der Waals surface area (Å²) in [6.07, 6.45) is 0. The number of methoxy groups -OCH3 is 2. The van der Waals surface area contributed by atoms with Crippen molar-refractivity contribution in [3.05, 3.63) is 53.8 Å². The summed E-state index contributed by atoms with van der Waals surface area (Å²) in [5.74, 6) is -0.226. The van der Waals surface area contributed by atoms with Gasteiger partial charge in [-0.1, -0.05) is 0 Å². The van der Waals surface area contributed by atoms with Gasteiger partial charge < -0.3 is 23.8 Å². The van der Waals surface area contributed by atoms with Crippen LogP contribution in [0, 0.1) is 5.82 Å². The number of nitrogens with one attached hydrogen (secondary N) is 1. The van der Waals surface area contributed by atoms with Gasteiger partial charge in [-0.2, -0.15) is 0 Å². The van der Waals surface area contributed by atoms with Gasteiger partial charge in [0.2, 0.25) is 0 Å². The van der Waals surface area contributed by atoms with Crippen LogP contribution in [0.3, 0.4) is 0 Å². The minimum atomic E-state index is -3.60. The van der Waals surface area contributed by atoms with Crippen molar-refractivity contribution in [3.8, 4) is 11.5 Å². The van der Waals surface area contributed by atoms with Crippen LogP contribution in [0.1, 0.15) is 11.3 Å². The summed E-state index contributed by atoms with van der Waals surface area (Å²) in [7, 11) is 2.04. The van der Waals surface area contributed by atoms with Crippen LogP contribution in [-0.4, -0.2) is 28.4 Å². The van der Waals surface area contributed by atoms with Crippen molar-refractivity contribution in [2.75, 3.05) is 33.8 Å². The monoisotopic (exact) mass is 369 g/mol. The second-order valence-electron chi connectivity index (χ2n) is 5.07. The molecule has 25 heavy (non-hydrogen) atoms. The molecule has 0 aliphatic carbocycles. The molecule has 1 N–H and O–H groups in total. The Bertz CT molecular complexity index is 745. The molecule has 0 saturated carbocycles. The first-order valence-corrected chi connectivity index (χ1v) is 9.03. The van der Waals surface area contributed by atoms with Crippen molar-refractivity contribution in [1.82, 2.24) is 0 Å². The van der Waals surface area contributed by atoms with Gasteiger partial charge in [-0.25, -0.2) is 4.39 Å². The molecule has 6 nitrogen and oxygen atoms in total. The van der Waals surface area contributed by atoms with E-state index in [0.29, 0.717) is 22.7 Å². The molecule has 0 saturated heterocycles. The van der Waals surface area contributed by atoms with Crippen LogP contribution in [0.2, 0.25) is 0 Å². The molecule has 2 aromatic carbocycles. The highest BCUT2D eigenvalue weighted by Crippen LogP contribution is 2.61. The first-order valence-electron chi connectivity index (χ1n) is 7.42. The number of anilines is 1. The van der Waals surface area contributed by atoms with Crippen molar-refractivity contribution < 1.29 is 27.5 Å². The summed E-state index contributed by atoms with van der Waals surface area (Å²) in [6.45, 7) is 0. The smallest absolute Gasteiger partial charge is 0.356 e. The van der Waals surface area contributed by atoms with E-state index in [-0.39, 0.29) is 5.82 Å². The molecule has 0 heterocycles. The van der Waals surface area contributed by atoms with Crippen LogP contribution in [0.4, 0.5) is 10.1 Å². The van der Waals surface area contributed by atoms with E-state index < -0.39 is 13.4 Å². The molecule has 136 valence electrons. The van der Waals surface area contributed by atoms with E-state index >= 15 is 0 Å². The van der Waals surface area contributed by atoms with Gasteiger partial charge >= 0.3 is 7.60 Å². The molecule has 0 radical (unpaired) electrons. The number of ether oxygens (including phenoxy) is 2. The minimum absolute atomic E-state index is 0.372. The summed E-state index contributed by atoms with van der Waals surface area (Å²) < 4.78 is 47.2. The standard InChI is InChI=1S/C17H21FNO5P/c1-21-14-9-10-16(22-2)15(11-14)17(25(20,23-3)24-4)19-13-7-5-12(18)6-8-13/h5-11,17,19H,1-4H3. The zero-order valence-corrected chi connectivity index (χ0v) is 15.4. The van der Waals surface area contributed by atoms with Crippen LogP contribution in [-0.2, 0) is 13.6 Å². The summed E-state index contributed by atoms with van der Waals surface area (Å²) in [5, 5.41) is 3.08. The van der Waals surface area contributed by atoms with Crippen LogP contribution < -0.4 is 14.8 Å². The van der Waals surface area contributed by atoms with E-state index in [1.54, 1.807) is 18.2 Å². The largest absolute Gasteiger partial charge is 0.497 e. The SMILES string of the molecule is COc1ccc(OC)c(C(Nc2ccc(F)cc2)P(=O)(OC)OC)c1. The van der Waals surface area contributed by atoms with Gasteiger partial charge in [-0.05, 0) is 42.5 Å². The lowest BCUT2D eigenvalue weighted by Crippen LogP contribution is -2.15. The summed E-state index contributed by atoms with van der Waals surface area (Å²) >= 11 is 0. The molecule has 2 rings (SSSR count). The lowest BCUT2D eigenvalue weighted by atomic mass is 10.1. The van der Waals surface area contributed by atoms with Crippen LogP contribution in [0.5, 0.6) is 11.5 Å². The Hall–Kier alpha value is -2.08. The normalized spacial score (nSPS) is 12.5. The average molecular weight is 369 g/mol. The molecule has 0 aromatic heterocycles. The summed E-state index contributed by atoms with van der Waals surface area (Å²) in [5.41, 5.74) is 1.07. The quantitative estimate of drug-likeness (QED) is 0.694. The van der Waals surface area contributed by atoms with Crippen molar-refractivity contribution in [2.24, 2.45) is 0 Å². The van der Waals surface area contributed by atoms with E-state index in [1.807, 2.05) is 0 Å². The Morgan fingerprint density at radius 1 is 0.960 bits per heavy atom. The van der Waals surface area contributed by atoms with Gasteiger partial charge in [0.1, 0.15) is 17.3 Å². The summed E-state index contributed by atoms with van der Waals surface area (Å²) in [6, 6.07) is 10.8. The molecule has 0 amide bonds. The molecule has 1 unspecified atom stereocenters. The van der Waals surface area contributed by atoms with Gasteiger partial charge in [0.15, 0.2) is 5.78 Å². The number of hydrogen-bond acceptors (Lipinski definition) is 6. The molecule has 8 heteroatoms. The third-order valence-corrected chi connectivity index (χ3v) is 5.76. The average Bonchev–Trinajstić information content (AvgIpc) is 2.66. The Morgan fingerprint density at radius 2 is 1.60 bits per heavy atom. The molecular weight excluding hydrogens is 348 g/mol. The lowest BCUT2D eigenvalue weighted by Gasteiger charge is -2.28. The van der Waals surface area contributed by atoms with E-state index in [4.69, 9.17) is 18.5 Å². The maximum atomic E-state index is 13.2. The van der Waals surface area contributed by atoms with Gasteiger partial charge in [0.25, 0.3) is 0 Å². The minimum Gasteiger partial charge on any atom is -0.497 e. The fourth-order valence-corrected chi connectivity index (χ4v) is 3.79. The fourth-order valence-electron chi connectivity index (χ4n) is 2.37. The maximum absolute atomic E-state index is 13.2. The second kappa shape index (κ2) is 8.34. The van der Waals surface area contributed by atoms with Crippen molar-refractivity contribution >= 4 is 13.3 Å². The number of hydrogen-bond donors (Lipinski definition) is 1. The zero-order valence-electron chi connectivity index (χ0n) is 14.5. The molecule has 0 aliphatic heterocycles. The Morgan fingerprint density at radius 3 is 2.12 bits per heavy atom. The van der Waals surface area contributed by atoms with E-state index in [2.05, 4.69) is 5.32 Å². The molecular formula is C17H21FNO5P. The third kappa shape index (κ3) is 4.31. The molecule has 0 fully saturated rings. The molecule has 1 atom stereocenters. The van der Waals surface area contributed by atoms with Crippen LogP contribution in [0.25, 0.3) is 0 Å². The highest BCUT2D eigenvalue weighted by Gasteiger charge is 2.37. The van der Waals surface area contributed by atoms with E-state index in [1.165, 1.54) is 52.7 Å². The fraction of sp³-hybridized carbons (Fsp3) is 0.294. The van der Waals surface area contributed by atoms with E-state index in [0.717, 1.165) is 0 Å². The number of benzene rings is 2. The number of halogens is 1. The van der Waals surface area contributed by atoms with Crippen molar-refractivity contribution in [1.29, 1.82) is 0 Å². The molecule has 2 aromatic rings. The zero-order chi connectivity index (χ0) is 18.4. The molecule has 0 bridgehead atoms. The van der Waals surface area contributed by atoms with Crippen LogP contribution >= 0.6 is 7.60 Å². The second-order valence-corrected chi connectivity index (χ2v) is 7.39. The van der Waals surface area contributed by atoms with Crippen LogP contribution in [0.15, 0.2) is 42.5 Å². The predicted octanol–water partition coefficient (Wildman–Crippen LogP) is 4.44. The predicted molar refractivity (Wildman–Crippen MR) is 93.9 cm³/mol. The first kappa shape index (κ1) is 19.2. The molecule has 0 aliphatic rings. The Balaban J connectivity index is 2.55. The maximum Gasteiger partial charge on any atom is 0.356 e. The van der Waals surface area contributed by atoms with Gasteiger partial charge in [0.05, 0.1) is 14.2 Å². The van der Waals surface area contributed by atoms with Gasteiger partial charge in [0, 0.05) is 25.5 Å². The van der Waals surface area contributed by atoms with Crippen molar-refractivity contribution in [2.45, 2.75) is 5.78 Å². The highest BCUT2D eigenvalue weighted by molar-refractivity contribution is 7.54. The topological polar surface area (TPSA) is 66.0 Å². The molecule has 0 spiro atoms. The first-order chi connectivity index (χ1) is 12.0. The van der Waals surface area contributed by atoms with Gasteiger partial charge in [-0.15, -0.1) is 0 Å². The Labute approximate surface area is 146 Å². The van der Waals surface area contributed by atoms with E-state index in [9.17, 15) is 8.96 Å². The Kier molecular flexibility index (Phi) is 6.42. The third-order valence-electron chi connectivity index (χ3n) is 3.70. The van der Waals surface area contributed by atoms with Crippen molar-refractivity contribution in [3.63, 3.8) is 0 Å².